The minimum Gasteiger partial charge on any atom is -0.289 e. The van der Waals surface area contributed by atoms with Crippen LogP contribution in [0, 0.1) is 0 Å². The van der Waals surface area contributed by atoms with Crippen molar-refractivity contribution in [2.75, 3.05) is 0 Å². The third-order valence-electron chi connectivity index (χ3n) is 2.57. The maximum atomic E-state index is 12.6. The highest BCUT2D eigenvalue weighted by Gasteiger charge is 2.33. The van der Waals surface area contributed by atoms with Gasteiger partial charge in [-0.2, -0.15) is 13.2 Å². The summed E-state index contributed by atoms with van der Waals surface area (Å²) in [5, 5.41) is 0. The molecule has 0 radical (unpaired) electrons. The number of hydrogen-bond donors (Lipinski definition) is 0. The summed E-state index contributed by atoms with van der Waals surface area (Å²) >= 11 is 2.85. The Morgan fingerprint density at radius 3 is 2.11 bits per heavy atom. The summed E-state index contributed by atoms with van der Waals surface area (Å²) in [4.78, 5) is 12.1. The Morgan fingerprint density at radius 2 is 1.58 bits per heavy atom. The van der Waals surface area contributed by atoms with Crippen molar-refractivity contribution in [3.63, 3.8) is 0 Å². The lowest BCUT2D eigenvalue weighted by Crippen LogP contribution is -2.08. The molecule has 0 spiro atoms. The Hall–Kier alpha value is -1.62. The summed E-state index contributed by atoms with van der Waals surface area (Å²) in [6.45, 7) is 0. The lowest BCUT2D eigenvalue weighted by Gasteiger charge is -2.10. The molecule has 0 heterocycles. The van der Waals surface area contributed by atoms with Crippen LogP contribution in [-0.2, 0) is 6.18 Å². The van der Waals surface area contributed by atoms with Crippen molar-refractivity contribution in [3.05, 3.63) is 69.7 Å². The zero-order valence-electron chi connectivity index (χ0n) is 9.54. The van der Waals surface area contributed by atoms with Gasteiger partial charge in [-0.15, -0.1) is 0 Å². The molecule has 0 aliphatic carbocycles. The van der Waals surface area contributed by atoms with Gasteiger partial charge >= 0.3 is 6.18 Å². The van der Waals surface area contributed by atoms with Crippen molar-refractivity contribution in [3.8, 4) is 0 Å². The van der Waals surface area contributed by atoms with Crippen LogP contribution in [0.2, 0.25) is 0 Å². The van der Waals surface area contributed by atoms with Gasteiger partial charge in [-0.05, 0) is 12.1 Å². The number of alkyl halides is 3. The van der Waals surface area contributed by atoms with E-state index in [1.54, 1.807) is 30.3 Å². The SMILES string of the molecule is O=C(c1ccccc1)c1ccc(C(F)(F)F)c(Br)c1. The maximum Gasteiger partial charge on any atom is 0.417 e. The zero-order chi connectivity index (χ0) is 14.0. The fraction of sp³-hybridized carbons (Fsp3) is 0.0714. The second-order valence-electron chi connectivity index (χ2n) is 3.89. The number of hydrogen-bond acceptors (Lipinski definition) is 1. The quantitative estimate of drug-likeness (QED) is 0.730. The second kappa shape index (κ2) is 5.17. The first-order chi connectivity index (χ1) is 8.89. The van der Waals surface area contributed by atoms with Crippen LogP contribution in [0.3, 0.4) is 0 Å². The Bertz CT molecular complexity index is 606. The monoisotopic (exact) mass is 328 g/mol. The van der Waals surface area contributed by atoms with Gasteiger partial charge in [0.05, 0.1) is 5.56 Å². The van der Waals surface area contributed by atoms with E-state index in [0.29, 0.717) is 5.56 Å². The van der Waals surface area contributed by atoms with E-state index in [9.17, 15) is 18.0 Å². The number of carbonyl (C=O) groups excluding carboxylic acids is 1. The Kier molecular flexibility index (Phi) is 3.75. The van der Waals surface area contributed by atoms with E-state index in [0.717, 1.165) is 6.07 Å². The van der Waals surface area contributed by atoms with Crippen LogP contribution in [0.4, 0.5) is 13.2 Å². The molecule has 0 aromatic heterocycles. The van der Waals surface area contributed by atoms with Crippen molar-refractivity contribution in [2.45, 2.75) is 6.18 Å². The summed E-state index contributed by atoms with van der Waals surface area (Å²) in [6.07, 6.45) is -4.44. The van der Waals surface area contributed by atoms with Crippen LogP contribution in [0.5, 0.6) is 0 Å². The smallest absolute Gasteiger partial charge is 0.289 e. The topological polar surface area (TPSA) is 17.1 Å². The second-order valence-corrected chi connectivity index (χ2v) is 4.74. The molecule has 5 heteroatoms. The van der Waals surface area contributed by atoms with Crippen molar-refractivity contribution < 1.29 is 18.0 Å². The molecule has 0 N–H and O–H groups in total. The van der Waals surface area contributed by atoms with Crippen LogP contribution in [0.25, 0.3) is 0 Å². The van der Waals surface area contributed by atoms with E-state index in [2.05, 4.69) is 15.9 Å². The minimum absolute atomic E-state index is 0.137. The molecular weight excluding hydrogens is 321 g/mol. The van der Waals surface area contributed by atoms with Crippen LogP contribution >= 0.6 is 15.9 Å². The fourth-order valence-electron chi connectivity index (χ4n) is 1.64. The van der Waals surface area contributed by atoms with Crippen LogP contribution < -0.4 is 0 Å². The van der Waals surface area contributed by atoms with Gasteiger partial charge in [0.25, 0.3) is 0 Å². The molecule has 0 saturated carbocycles. The molecule has 98 valence electrons. The number of carbonyl (C=O) groups is 1. The number of ketones is 1. The zero-order valence-corrected chi connectivity index (χ0v) is 11.1. The molecular formula is C14H8BrF3O. The molecule has 0 aliphatic heterocycles. The molecule has 0 bridgehead atoms. The normalized spacial score (nSPS) is 11.4. The van der Waals surface area contributed by atoms with E-state index >= 15 is 0 Å². The molecule has 0 aliphatic rings. The first-order valence-electron chi connectivity index (χ1n) is 5.36. The fourth-order valence-corrected chi connectivity index (χ4v) is 2.25. The molecule has 0 unspecified atom stereocenters. The van der Waals surface area contributed by atoms with Gasteiger partial charge in [0.15, 0.2) is 5.78 Å². The minimum atomic E-state index is -4.44. The first-order valence-corrected chi connectivity index (χ1v) is 6.15. The Labute approximate surface area is 116 Å². The highest BCUT2D eigenvalue weighted by Crippen LogP contribution is 2.35. The molecule has 0 amide bonds. The highest BCUT2D eigenvalue weighted by atomic mass is 79.9. The average Bonchev–Trinajstić information content (AvgIpc) is 2.37. The van der Waals surface area contributed by atoms with E-state index in [1.165, 1.54) is 12.1 Å². The summed E-state index contributed by atoms with van der Waals surface area (Å²) in [6, 6.07) is 11.7. The van der Waals surface area contributed by atoms with Gasteiger partial charge in [0, 0.05) is 15.6 Å². The third kappa shape index (κ3) is 3.04. The largest absolute Gasteiger partial charge is 0.417 e. The number of halogens is 4. The lowest BCUT2D eigenvalue weighted by atomic mass is 10.0. The van der Waals surface area contributed by atoms with Crippen LogP contribution in [0.15, 0.2) is 53.0 Å². The van der Waals surface area contributed by atoms with E-state index in [1.807, 2.05) is 0 Å². The molecule has 2 rings (SSSR count). The molecule has 0 saturated heterocycles. The van der Waals surface area contributed by atoms with Crippen molar-refractivity contribution >= 4 is 21.7 Å². The Balaban J connectivity index is 2.38. The van der Waals surface area contributed by atoms with E-state index < -0.39 is 11.7 Å². The molecule has 2 aromatic carbocycles. The van der Waals surface area contributed by atoms with Gasteiger partial charge in [0.2, 0.25) is 0 Å². The molecule has 2 aromatic rings. The molecule has 0 fully saturated rings. The van der Waals surface area contributed by atoms with Gasteiger partial charge in [0.1, 0.15) is 0 Å². The highest BCUT2D eigenvalue weighted by molar-refractivity contribution is 9.10. The van der Waals surface area contributed by atoms with Gasteiger partial charge in [-0.3, -0.25) is 4.79 Å². The van der Waals surface area contributed by atoms with Crippen LogP contribution in [-0.4, -0.2) is 5.78 Å². The first kappa shape index (κ1) is 13.8. The summed E-state index contributed by atoms with van der Waals surface area (Å²) < 4.78 is 37.6. The maximum absolute atomic E-state index is 12.6. The average molecular weight is 329 g/mol. The van der Waals surface area contributed by atoms with Crippen molar-refractivity contribution in [1.82, 2.24) is 0 Å². The van der Waals surface area contributed by atoms with E-state index in [4.69, 9.17) is 0 Å². The van der Waals surface area contributed by atoms with Crippen LogP contribution in [0.1, 0.15) is 21.5 Å². The predicted octanol–water partition coefficient (Wildman–Crippen LogP) is 4.70. The standard InChI is InChI=1S/C14H8BrF3O/c15-12-8-10(6-7-11(12)14(16,17)18)13(19)9-4-2-1-3-5-9/h1-8H. The van der Waals surface area contributed by atoms with Crippen molar-refractivity contribution in [1.29, 1.82) is 0 Å². The van der Waals surface area contributed by atoms with Gasteiger partial charge in [-0.25, -0.2) is 0 Å². The van der Waals surface area contributed by atoms with Gasteiger partial charge in [-0.1, -0.05) is 52.3 Å². The van der Waals surface area contributed by atoms with Gasteiger partial charge < -0.3 is 0 Å². The summed E-state index contributed by atoms with van der Waals surface area (Å²) in [5.41, 5.74) is -0.141. The number of rotatable bonds is 2. The third-order valence-corrected chi connectivity index (χ3v) is 3.23. The molecule has 19 heavy (non-hydrogen) atoms. The number of benzene rings is 2. The lowest BCUT2D eigenvalue weighted by molar-refractivity contribution is -0.138. The molecule has 1 nitrogen and oxygen atoms in total. The molecule has 0 atom stereocenters. The Morgan fingerprint density at radius 1 is 0.947 bits per heavy atom. The summed E-state index contributed by atoms with van der Waals surface area (Å²) in [7, 11) is 0. The van der Waals surface area contributed by atoms with Crippen molar-refractivity contribution in [2.24, 2.45) is 0 Å². The predicted molar refractivity (Wildman–Crippen MR) is 69.0 cm³/mol. The van der Waals surface area contributed by atoms with E-state index in [-0.39, 0.29) is 15.8 Å². The summed E-state index contributed by atoms with van der Waals surface area (Å²) in [5.74, 6) is -0.310.